The van der Waals surface area contributed by atoms with Crippen LogP contribution in [0.2, 0.25) is 0 Å². The number of hydrogen-bond acceptors (Lipinski definition) is 6. The summed E-state index contributed by atoms with van der Waals surface area (Å²) in [5.41, 5.74) is 0.157. The Kier molecular flexibility index (Phi) is 6.17. The number of benzene rings is 1. The molecule has 1 aromatic carbocycles. The summed E-state index contributed by atoms with van der Waals surface area (Å²) >= 11 is 0. The molecule has 0 bridgehead atoms. The lowest BCUT2D eigenvalue weighted by molar-refractivity contribution is -0.133. The van der Waals surface area contributed by atoms with Crippen LogP contribution in [0.4, 0.5) is 0 Å². The van der Waals surface area contributed by atoms with Gasteiger partial charge in [0.05, 0.1) is 23.3 Å². The van der Waals surface area contributed by atoms with E-state index in [1.807, 2.05) is 0 Å². The lowest BCUT2D eigenvalue weighted by atomic mass is 10.2. The van der Waals surface area contributed by atoms with E-state index in [-0.39, 0.29) is 22.9 Å². The van der Waals surface area contributed by atoms with E-state index < -0.39 is 22.6 Å². The number of nitrogens with zero attached hydrogens (tertiary/aromatic N) is 2. The summed E-state index contributed by atoms with van der Waals surface area (Å²) in [6, 6.07) is 8.77. The van der Waals surface area contributed by atoms with Crippen molar-refractivity contribution in [3.05, 3.63) is 54.0 Å². The summed E-state index contributed by atoms with van der Waals surface area (Å²) in [4.78, 5) is 25.4. The summed E-state index contributed by atoms with van der Waals surface area (Å²) in [5.74, 6) is -0.482. The average molecular weight is 380 g/mol. The van der Waals surface area contributed by atoms with Crippen molar-refractivity contribution in [2.45, 2.75) is 11.4 Å². The fourth-order valence-electron chi connectivity index (χ4n) is 2.02. The molecule has 0 unspecified atom stereocenters. The highest BCUT2D eigenvalue weighted by Gasteiger charge is 2.19. The van der Waals surface area contributed by atoms with Gasteiger partial charge in [-0.3, -0.25) is 4.79 Å². The van der Waals surface area contributed by atoms with Crippen LogP contribution in [0, 0.1) is 0 Å². The Hall–Kier alpha value is -2.65. The maximum Gasteiger partial charge on any atom is 0.338 e. The van der Waals surface area contributed by atoms with Crippen LogP contribution < -0.4 is 0 Å². The lowest BCUT2D eigenvalue weighted by Crippen LogP contribution is -2.30. The van der Waals surface area contributed by atoms with Gasteiger partial charge in [0.1, 0.15) is 5.76 Å². The van der Waals surface area contributed by atoms with Gasteiger partial charge in [-0.05, 0) is 36.4 Å². The maximum absolute atomic E-state index is 12.0. The number of ether oxygens (including phenoxy) is 1. The molecule has 2 rings (SSSR count). The molecule has 0 fully saturated rings. The molecule has 0 atom stereocenters. The lowest BCUT2D eigenvalue weighted by Gasteiger charge is -2.15. The number of sulfonamides is 1. The van der Waals surface area contributed by atoms with Gasteiger partial charge in [-0.25, -0.2) is 17.5 Å². The quantitative estimate of drug-likeness (QED) is 0.673. The molecule has 0 spiro atoms. The van der Waals surface area contributed by atoms with Gasteiger partial charge in [0.25, 0.3) is 5.91 Å². The van der Waals surface area contributed by atoms with Crippen molar-refractivity contribution in [2.24, 2.45) is 0 Å². The standard InChI is InChI=1S/C17H20N2O6S/c1-18(2)26(22,23)15-8-6-13(7-9-15)17(21)25-12-16(20)19(3)11-14-5-4-10-24-14/h4-10H,11-12H2,1-3H3. The second kappa shape index (κ2) is 8.15. The zero-order chi connectivity index (χ0) is 19.3. The van der Waals surface area contributed by atoms with Gasteiger partial charge in [-0.15, -0.1) is 0 Å². The molecule has 0 aliphatic carbocycles. The highest BCUT2D eigenvalue weighted by Crippen LogP contribution is 2.14. The van der Waals surface area contributed by atoms with Crippen molar-refractivity contribution >= 4 is 21.9 Å². The summed E-state index contributed by atoms with van der Waals surface area (Å²) in [7, 11) is 0.837. The Balaban J connectivity index is 1.92. The minimum absolute atomic E-state index is 0.0632. The smallest absolute Gasteiger partial charge is 0.338 e. The summed E-state index contributed by atoms with van der Waals surface area (Å²) < 4.78 is 35.2. The Labute approximate surface area is 152 Å². The second-order valence-electron chi connectivity index (χ2n) is 5.72. The minimum atomic E-state index is -3.57. The molecular weight excluding hydrogens is 360 g/mol. The predicted octanol–water partition coefficient (Wildman–Crippen LogP) is 1.35. The van der Waals surface area contributed by atoms with Crippen LogP contribution in [0.1, 0.15) is 16.1 Å². The van der Waals surface area contributed by atoms with Crippen molar-refractivity contribution in [1.29, 1.82) is 0 Å². The van der Waals surface area contributed by atoms with Crippen molar-refractivity contribution < 1.29 is 27.2 Å². The average Bonchev–Trinajstić information content (AvgIpc) is 3.12. The van der Waals surface area contributed by atoms with Gasteiger partial charge >= 0.3 is 5.97 Å². The van der Waals surface area contributed by atoms with Crippen LogP contribution in [0.25, 0.3) is 0 Å². The highest BCUT2D eigenvalue weighted by molar-refractivity contribution is 7.89. The van der Waals surface area contributed by atoms with Crippen LogP contribution >= 0.6 is 0 Å². The first-order chi connectivity index (χ1) is 12.2. The van der Waals surface area contributed by atoms with Crippen molar-refractivity contribution in [1.82, 2.24) is 9.21 Å². The number of amides is 1. The zero-order valence-corrected chi connectivity index (χ0v) is 15.5. The molecular formula is C17H20N2O6S. The topological polar surface area (TPSA) is 97.1 Å². The van der Waals surface area contributed by atoms with Gasteiger partial charge in [0, 0.05) is 21.1 Å². The van der Waals surface area contributed by atoms with Crippen LogP contribution in [0.3, 0.4) is 0 Å². The van der Waals surface area contributed by atoms with Crippen LogP contribution in [-0.2, 0) is 26.1 Å². The van der Waals surface area contributed by atoms with Crippen LogP contribution in [0.15, 0.2) is 52.0 Å². The van der Waals surface area contributed by atoms with E-state index in [1.54, 1.807) is 19.2 Å². The predicted molar refractivity (Wildman–Crippen MR) is 92.8 cm³/mol. The van der Waals surface area contributed by atoms with E-state index in [4.69, 9.17) is 9.15 Å². The Bertz CT molecular complexity index is 857. The van der Waals surface area contributed by atoms with Gasteiger partial charge in [0.15, 0.2) is 6.61 Å². The van der Waals surface area contributed by atoms with E-state index in [0.29, 0.717) is 5.76 Å². The normalized spacial score (nSPS) is 11.4. The molecule has 8 nitrogen and oxygen atoms in total. The van der Waals surface area contributed by atoms with E-state index >= 15 is 0 Å². The number of carbonyl (C=O) groups is 2. The molecule has 0 radical (unpaired) electrons. The molecule has 9 heteroatoms. The molecule has 0 aliphatic rings. The minimum Gasteiger partial charge on any atom is -0.467 e. The number of carbonyl (C=O) groups excluding carboxylic acids is 2. The molecule has 0 saturated carbocycles. The van der Waals surface area contributed by atoms with Crippen molar-refractivity contribution in [2.75, 3.05) is 27.7 Å². The van der Waals surface area contributed by atoms with Crippen LogP contribution in [-0.4, -0.2) is 57.2 Å². The highest BCUT2D eigenvalue weighted by atomic mass is 32.2. The first-order valence-electron chi connectivity index (χ1n) is 7.68. The zero-order valence-electron chi connectivity index (χ0n) is 14.7. The molecule has 140 valence electrons. The van der Waals surface area contributed by atoms with E-state index in [9.17, 15) is 18.0 Å². The third kappa shape index (κ3) is 4.70. The molecule has 1 aromatic heterocycles. The Morgan fingerprint density at radius 3 is 2.27 bits per heavy atom. The maximum atomic E-state index is 12.0. The molecule has 1 heterocycles. The van der Waals surface area contributed by atoms with Crippen molar-refractivity contribution in [3.8, 4) is 0 Å². The first kappa shape index (κ1) is 19.7. The summed E-state index contributed by atoms with van der Waals surface area (Å²) in [6.07, 6.45) is 1.51. The Morgan fingerprint density at radius 2 is 1.73 bits per heavy atom. The molecule has 0 aliphatic heterocycles. The molecule has 1 amide bonds. The molecule has 0 N–H and O–H groups in total. The van der Waals surface area contributed by atoms with Crippen LogP contribution in [0.5, 0.6) is 0 Å². The van der Waals surface area contributed by atoms with E-state index in [1.165, 1.54) is 49.5 Å². The van der Waals surface area contributed by atoms with E-state index in [0.717, 1.165) is 4.31 Å². The molecule has 26 heavy (non-hydrogen) atoms. The molecule has 2 aromatic rings. The van der Waals surface area contributed by atoms with Crippen molar-refractivity contribution in [3.63, 3.8) is 0 Å². The number of furan rings is 1. The SMILES string of the molecule is CN(Cc1ccco1)C(=O)COC(=O)c1ccc(S(=O)(=O)N(C)C)cc1. The van der Waals surface area contributed by atoms with E-state index in [2.05, 4.69) is 0 Å². The fourth-order valence-corrected chi connectivity index (χ4v) is 2.92. The Morgan fingerprint density at radius 1 is 1.08 bits per heavy atom. The van der Waals surface area contributed by atoms with Gasteiger partial charge in [0.2, 0.25) is 10.0 Å². The van der Waals surface area contributed by atoms with Gasteiger partial charge in [-0.2, -0.15) is 0 Å². The number of esters is 1. The fraction of sp³-hybridized carbons (Fsp3) is 0.294. The summed E-state index contributed by atoms with van der Waals surface area (Å²) in [6.45, 7) is -0.158. The number of hydrogen-bond donors (Lipinski definition) is 0. The third-order valence-electron chi connectivity index (χ3n) is 3.59. The first-order valence-corrected chi connectivity index (χ1v) is 9.12. The van der Waals surface area contributed by atoms with Gasteiger partial charge < -0.3 is 14.1 Å². The molecule has 0 saturated heterocycles. The van der Waals surface area contributed by atoms with Gasteiger partial charge in [-0.1, -0.05) is 0 Å². The third-order valence-corrected chi connectivity index (χ3v) is 5.42. The number of rotatable bonds is 7. The monoisotopic (exact) mass is 380 g/mol. The second-order valence-corrected chi connectivity index (χ2v) is 7.87. The summed E-state index contributed by atoms with van der Waals surface area (Å²) in [5, 5.41) is 0. The number of likely N-dealkylation sites (N-methyl/N-ethyl adjacent to an activating group) is 1. The largest absolute Gasteiger partial charge is 0.467 e.